The van der Waals surface area contributed by atoms with Crippen LogP contribution in [0.4, 0.5) is 5.69 Å². The van der Waals surface area contributed by atoms with Gasteiger partial charge in [-0.1, -0.05) is 35.6 Å². The maximum Gasteiger partial charge on any atom is 0.317 e. The fourth-order valence-corrected chi connectivity index (χ4v) is 3.61. The summed E-state index contributed by atoms with van der Waals surface area (Å²) in [4.78, 5) is 26.3. The second kappa shape index (κ2) is 9.99. The number of carbonyl (C=O) groups is 2. The summed E-state index contributed by atoms with van der Waals surface area (Å²) < 4.78 is 11.0. The van der Waals surface area contributed by atoms with E-state index in [0.717, 1.165) is 25.9 Å². The highest BCUT2D eigenvalue weighted by Crippen LogP contribution is 2.27. The summed E-state index contributed by atoms with van der Waals surface area (Å²) in [5.74, 6) is -0.413. The molecule has 2 rings (SSSR count). The topological polar surface area (TPSA) is 67.9 Å². The van der Waals surface area contributed by atoms with Crippen LogP contribution in [-0.2, 0) is 14.3 Å². The lowest BCUT2D eigenvalue weighted by Crippen LogP contribution is -2.31. The van der Waals surface area contributed by atoms with Gasteiger partial charge in [0.05, 0.1) is 18.6 Å². The molecule has 142 valence electrons. The van der Waals surface area contributed by atoms with Crippen LogP contribution < -0.4 is 10.1 Å². The number of hydrogen-bond donors (Lipinski definition) is 1. The number of thiocarbonyl (C=S) groups is 1. The third-order valence-electron chi connectivity index (χ3n) is 3.77. The molecular formula is C17H21ClN2O4S2. The monoisotopic (exact) mass is 416 g/mol. The summed E-state index contributed by atoms with van der Waals surface area (Å²) in [5, 5.41) is 3.11. The molecule has 1 atom stereocenters. The van der Waals surface area contributed by atoms with Crippen molar-refractivity contribution in [2.24, 2.45) is 0 Å². The van der Waals surface area contributed by atoms with E-state index in [1.165, 1.54) is 25.8 Å². The minimum Gasteiger partial charge on any atom is -0.495 e. The number of hydrogen-bond acceptors (Lipinski definition) is 6. The number of thioether (sulfide) groups is 1. The highest BCUT2D eigenvalue weighted by Gasteiger charge is 2.21. The smallest absolute Gasteiger partial charge is 0.317 e. The van der Waals surface area contributed by atoms with Gasteiger partial charge in [-0.2, -0.15) is 0 Å². The van der Waals surface area contributed by atoms with Gasteiger partial charge in [-0.05, 0) is 38.0 Å². The van der Waals surface area contributed by atoms with Crippen LogP contribution in [0.2, 0.25) is 5.02 Å². The van der Waals surface area contributed by atoms with E-state index in [4.69, 9.17) is 33.3 Å². The lowest BCUT2D eigenvalue weighted by Gasteiger charge is -2.18. The molecule has 0 unspecified atom stereocenters. The summed E-state index contributed by atoms with van der Waals surface area (Å²) in [5.41, 5.74) is 0.414. The van der Waals surface area contributed by atoms with Crippen molar-refractivity contribution in [2.45, 2.75) is 25.9 Å². The second-order valence-corrected chi connectivity index (χ2v) is 7.76. The molecule has 1 aromatic carbocycles. The van der Waals surface area contributed by atoms with E-state index in [1.54, 1.807) is 18.2 Å². The first-order valence-corrected chi connectivity index (χ1v) is 9.93. The maximum absolute atomic E-state index is 12.2. The van der Waals surface area contributed by atoms with Crippen molar-refractivity contribution in [3.8, 4) is 5.75 Å². The zero-order valence-electron chi connectivity index (χ0n) is 14.6. The lowest BCUT2D eigenvalue weighted by atomic mass is 10.2. The van der Waals surface area contributed by atoms with Gasteiger partial charge in [-0.15, -0.1) is 0 Å². The van der Waals surface area contributed by atoms with Crippen molar-refractivity contribution in [1.29, 1.82) is 0 Å². The number of likely N-dealkylation sites (tertiary alicyclic amines) is 1. The molecule has 26 heavy (non-hydrogen) atoms. The van der Waals surface area contributed by atoms with Gasteiger partial charge in [0.2, 0.25) is 0 Å². The van der Waals surface area contributed by atoms with Crippen LogP contribution in [0.5, 0.6) is 5.75 Å². The average Bonchev–Trinajstić information content (AvgIpc) is 3.14. The quantitative estimate of drug-likeness (QED) is 0.563. The average molecular weight is 417 g/mol. The van der Waals surface area contributed by atoms with Gasteiger partial charge in [0, 0.05) is 18.1 Å². The number of nitrogens with one attached hydrogen (secondary N) is 1. The Bertz CT molecular complexity index is 681. The Hall–Kier alpha value is -1.51. The molecular weight excluding hydrogens is 396 g/mol. The molecule has 0 aliphatic carbocycles. The Morgan fingerprint density at radius 2 is 2.08 bits per heavy atom. The highest BCUT2D eigenvalue weighted by molar-refractivity contribution is 8.23. The zero-order chi connectivity index (χ0) is 19.1. The van der Waals surface area contributed by atoms with Crippen LogP contribution in [0.15, 0.2) is 18.2 Å². The summed E-state index contributed by atoms with van der Waals surface area (Å²) in [6.45, 7) is 3.37. The van der Waals surface area contributed by atoms with E-state index in [1.807, 2.05) is 0 Å². The molecule has 0 aromatic heterocycles. The summed E-state index contributed by atoms with van der Waals surface area (Å²) in [6.07, 6.45) is 1.29. The Labute approximate surface area is 167 Å². The van der Waals surface area contributed by atoms with Gasteiger partial charge in [-0.25, -0.2) is 0 Å². The highest BCUT2D eigenvalue weighted by atomic mass is 35.5. The van der Waals surface area contributed by atoms with Crippen LogP contribution >= 0.6 is 35.6 Å². The van der Waals surface area contributed by atoms with Gasteiger partial charge in [0.15, 0.2) is 6.10 Å². The second-order valence-electron chi connectivity index (χ2n) is 5.71. The first kappa shape index (κ1) is 20.8. The van der Waals surface area contributed by atoms with E-state index in [2.05, 4.69) is 10.2 Å². The first-order chi connectivity index (χ1) is 12.4. The van der Waals surface area contributed by atoms with Crippen LogP contribution in [0.3, 0.4) is 0 Å². The molecule has 0 spiro atoms. The number of anilines is 1. The van der Waals surface area contributed by atoms with Crippen molar-refractivity contribution >= 4 is 57.5 Å². The van der Waals surface area contributed by atoms with E-state index >= 15 is 0 Å². The first-order valence-electron chi connectivity index (χ1n) is 8.16. The minimum absolute atomic E-state index is 0.0768. The summed E-state index contributed by atoms with van der Waals surface area (Å²) in [6, 6.07) is 4.86. The molecule has 1 heterocycles. The molecule has 1 fully saturated rings. The number of halogens is 1. The third kappa shape index (κ3) is 6.03. The molecule has 0 bridgehead atoms. The number of esters is 1. The van der Waals surface area contributed by atoms with E-state index < -0.39 is 18.0 Å². The van der Waals surface area contributed by atoms with Gasteiger partial charge in [-0.3, -0.25) is 9.59 Å². The van der Waals surface area contributed by atoms with Crippen molar-refractivity contribution in [3.05, 3.63) is 23.2 Å². The number of methoxy groups -OCH3 is 1. The zero-order valence-corrected chi connectivity index (χ0v) is 17.0. The Morgan fingerprint density at radius 1 is 1.38 bits per heavy atom. The Kier molecular flexibility index (Phi) is 7.99. The fraction of sp³-hybridized carbons (Fsp3) is 0.471. The molecule has 1 aliphatic heterocycles. The molecule has 1 N–H and O–H groups in total. The fourth-order valence-electron chi connectivity index (χ4n) is 2.41. The number of amides is 1. The predicted octanol–water partition coefficient (Wildman–Crippen LogP) is 3.33. The standard InChI is InChI=1S/C17H21ClN2O4S2/c1-11(16(22)19-13-9-12(18)5-6-14(13)23-2)24-15(21)10-26-17(25)20-7-3-4-8-20/h5-6,9,11H,3-4,7-8,10H2,1-2H3,(H,19,22)/t11-/m0/s1. The lowest BCUT2D eigenvalue weighted by molar-refractivity contribution is -0.150. The number of carbonyl (C=O) groups excluding carboxylic acids is 2. The van der Waals surface area contributed by atoms with Crippen LogP contribution in [0, 0.1) is 0 Å². The summed E-state index contributed by atoms with van der Waals surface area (Å²) >= 11 is 12.5. The summed E-state index contributed by atoms with van der Waals surface area (Å²) in [7, 11) is 1.49. The molecule has 6 nitrogen and oxygen atoms in total. The molecule has 1 saturated heterocycles. The number of benzene rings is 1. The SMILES string of the molecule is COc1ccc(Cl)cc1NC(=O)[C@H](C)OC(=O)CSC(=S)N1CCCC1. The van der Waals surface area contributed by atoms with E-state index in [-0.39, 0.29) is 5.75 Å². The molecule has 1 aliphatic rings. The molecule has 0 radical (unpaired) electrons. The van der Waals surface area contributed by atoms with Gasteiger partial charge >= 0.3 is 5.97 Å². The molecule has 1 amide bonds. The van der Waals surface area contributed by atoms with Crippen LogP contribution in [0.25, 0.3) is 0 Å². The predicted molar refractivity (Wildman–Crippen MR) is 108 cm³/mol. The van der Waals surface area contributed by atoms with Gasteiger partial charge < -0.3 is 19.7 Å². The minimum atomic E-state index is -0.952. The van der Waals surface area contributed by atoms with Crippen molar-refractivity contribution < 1.29 is 19.1 Å². The van der Waals surface area contributed by atoms with Crippen molar-refractivity contribution in [1.82, 2.24) is 4.90 Å². The van der Waals surface area contributed by atoms with Gasteiger partial charge in [0.25, 0.3) is 5.91 Å². The van der Waals surface area contributed by atoms with E-state index in [0.29, 0.717) is 20.8 Å². The molecule has 0 saturated carbocycles. The van der Waals surface area contributed by atoms with Crippen molar-refractivity contribution in [3.63, 3.8) is 0 Å². The Morgan fingerprint density at radius 3 is 2.73 bits per heavy atom. The number of nitrogens with zero attached hydrogens (tertiary/aromatic N) is 1. The third-order valence-corrected chi connectivity index (χ3v) is 5.51. The molecule has 9 heteroatoms. The van der Waals surface area contributed by atoms with Gasteiger partial charge in [0.1, 0.15) is 10.1 Å². The van der Waals surface area contributed by atoms with Crippen LogP contribution in [-0.4, -0.2) is 53.2 Å². The number of rotatable bonds is 6. The Balaban J connectivity index is 1.81. The normalized spacial score (nSPS) is 14.7. The molecule has 1 aromatic rings. The van der Waals surface area contributed by atoms with E-state index in [9.17, 15) is 9.59 Å². The number of ether oxygens (including phenoxy) is 2. The van der Waals surface area contributed by atoms with Crippen molar-refractivity contribution in [2.75, 3.05) is 31.3 Å². The van der Waals surface area contributed by atoms with Crippen LogP contribution in [0.1, 0.15) is 19.8 Å². The maximum atomic E-state index is 12.2. The largest absolute Gasteiger partial charge is 0.495 e.